The van der Waals surface area contributed by atoms with Gasteiger partial charge in [-0.05, 0) is 19.0 Å². The van der Waals surface area contributed by atoms with Gasteiger partial charge in [-0.3, -0.25) is 4.79 Å². The highest BCUT2D eigenvalue weighted by Crippen LogP contribution is 2.21. The van der Waals surface area contributed by atoms with E-state index in [-0.39, 0.29) is 11.9 Å². The molecule has 0 bridgehead atoms. The largest absolute Gasteiger partial charge is 0.377 e. The lowest BCUT2D eigenvalue weighted by atomic mass is 9.98. The zero-order valence-corrected chi connectivity index (χ0v) is 9.19. The van der Waals surface area contributed by atoms with Gasteiger partial charge in [0, 0.05) is 19.1 Å². The van der Waals surface area contributed by atoms with Crippen molar-refractivity contribution in [1.29, 1.82) is 0 Å². The van der Waals surface area contributed by atoms with Crippen molar-refractivity contribution in [3.05, 3.63) is 35.4 Å². The number of nitrogens with two attached hydrogens (primary N) is 1. The van der Waals surface area contributed by atoms with Crippen LogP contribution in [-0.2, 0) is 4.74 Å². The van der Waals surface area contributed by atoms with Gasteiger partial charge in [-0.15, -0.1) is 0 Å². The van der Waals surface area contributed by atoms with Gasteiger partial charge in [-0.1, -0.05) is 24.3 Å². The summed E-state index contributed by atoms with van der Waals surface area (Å²) in [5.74, 6) is 0.0806. The van der Waals surface area contributed by atoms with Gasteiger partial charge in [0.15, 0.2) is 5.78 Å². The van der Waals surface area contributed by atoms with Crippen LogP contribution in [0.2, 0.25) is 0 Å². The van der Waals surface area contributed by atoms with Crippen LogP contribution in [0.4, 0.5) is 0 Å². The molecule has 3 heteroatoms. The second kappa shape index (κ2) is 5.63. The third-order valence-electron chi connectivity index (χ3n) is 2.42. The quantitative estimate of drug-likeness (QED) is 0.750. The molecule has 0 aliphatic heterocycles. The fraction of sp³-hybridized carbons (Fsp3) is 0.417. The molecular weight excluding hydrogens is 190 g/mol. The molecule has 1 atom stereocenters. The summed E-state index contributed by atoms with van der Waals surface area (Å²) in [6.07, 6.45) is 0.316. The Bertz CT molecular complexity index is 336. The summed E-state index contributed by atoms with van der Waals surface area (Å²) >= 11 is 0. The van der Waals surface area contributed by atoms with Crippen molar-refractivity contribution < 1.29 is 9.53 Å². The molecule has 0 aliphatic rings. The molecule has 1 unspecified atom stereocenters. The summed E-state index contributed by atoms with van der Waals surface area (Å²) < 4.78 is 5.22. The van der Waals surface area contributed by atoms with E-state index >= 15 is 0 Å². The smallest absolute Gasteiger partial charge is 0.164 e. The minimum Gasteiger partial charge on any atom is -0.377 e. The van der Waals surface area contributed by atoms with Crippen LogP contribution in [0.25, 0.3) is 0 Å². The fourth-order valence-corrected chi connectivity index (χ4v) is 1.50. The van der Waals surface area contributed by atoms with Gasteiger partial charge < -0.3 is 10.5 Å². The molecule has 3 nitrogen and oxygen atoms in total. The van der Waals surface area contributed by atoms with Crippen molar-refractivity contribution in [3.63, 3.8) is 0 Å². The minimum atomic E-state index is -0.0667. The molecule has 2 N–H and O–H groups in total. The van der Waals surface area contributed by atoms with Crippen molar-refractivity contribution in [2.24, 2.45) is 5.73 Å². The molecule has 0 saturated carbocycles. The Morgan fingerprint density at radius 1 is 1.47 bits per heavy atom. The Morgan fingerprint density at radius 2 is 2.13 bits per heavy atom. The average Bonchev–Trinajstić information content (AvgIpc) is 2.28. The molecule has 0 aromatic heterocycles. The van der Waals surface area contributed by atoms with Crippen LogP contribution in [0.1, 0.15) is 35.4 Å². The van der Waals surface area contributed by atoms with Gasteiger partial charge in [0.2, 0.25) is 0 Å². The maximum atomic E-state index is 11.8. The van der Waals surface area contributed by atoms with E-state index in [1.54, 1.807) is 7.11 Å². The molecule has 15 heavy (non-hydrogen) atoms. The Hall–Kier alpha value is -1.19. The molecule has 1 rings (SSSR count). The van der Waals surface area contributed by atoms with Crippen LogP contribution in [-0.4, -0.2) is 19.4 Å². The van der Waals surface area contributed by atoms with Gasteiger partial charge in [0.05, 0.1) is 6.10 Å². The van der Waals surface area contributed by atoms with E-state index in [1.807, 2.05) is 31.2 Å². The van der Waals surface area contributed by atoms with Crippen LogP contribution in [0.5, 0.6) is 0 Å². The van der Waals surface area contributed by atoms with Gasteiger partial charge in [0.1, 0.15) is 0 Å². The Morgan fingerprint density at radius 3 is 2.73 bits per heavy atom. The van der Waals surface area contributed by atoms with Crippen molar-refractivity contribution in [1.82, 2.24) is 0 Å². The third-order valence-corrected chi connectivity index (χ3v) is 2.42. The number of hydrogen-bond donors (Lipinski definition) is 1. The summed E-state index contributed by atoms with van der Waals surface area (Å²) in [5.41, 5.74) is 7.02. The standard InChI is InChI=1S/C12H17NO2/c1-9(15-2)10-5-3-4-6-11(10)12(14)7-8-13/h3-6,9H,7-8,13H2,1-2H3. The maximum Gasteiger partial charge on any atom is 0.164 e. The zero-order chi connectivity index (χ0) is 11.3. The molecule has 0 amide bonds. The minimum absolute atomic E-state index is 0.0667. The van der Waals surface area contributed by atoms with Crippen molar-refractivity contribution in [3.8, 4) is 0 Å². The number of benzene rings is 1. The number of Topliss-reactive ketones (excluding diaryl/α,β-unsaturated/α-hetero) is 1. The SMILES string of the molecule is COC(C)c1ccccc1C(=O)CCN. The van der Waals surface area contributed by atoms with Gasteiger partial charge >= 0.3 is 0 Å². The number of ether oxygens (including phenoxy) is 1. The van der Waals surface area contributed by atoms with Crippen LogP contribution in [0.15, 0.2) is 24.3 Å². The second-order valence-electron chi connectivity index (χ2n) is 3.43. The van der Waals surface area contributed by atoms with E-state index in [0.717, 1.165) is 11.1 Å². The van der Waals surface area contributed by atoms with Crippen LogP contribution in [0, 0.1) is 0 Å². The normalized spacial score (nSPS) is 12.5. The molecule has 0 heterocycles. The first-order chi connectivity index (χ1) is 7.20. The van der Waals surface area contributed by atoms with Crippen molar-refractivity contribution in [2.75, 3.05) is 13.7 Å². The number of methoxy groups -OCH3 is 1. The van der Waals surface area contributed by atoms with Crippen LogP contribution < -0.4 is 5.73 Å². The second-order valence-corrected chi connectivity index (χ2v) is 3.43. The molecule has 0 spiro atoms. The van der Waals surface area contributed by atoms with Gasteiger partial charge in [0.25, 0.3) is 0 Å². The monoisotopic (exact) mass is 207 g/mol. The predicted molar refractivity (Wildman–Crippen MR) is 59.9 cm³/mol. The molecule has 0 saturated heterocycles. The Labute approximate surface area is 90.2 Å². The summed E-state index contributed by atoms with van der Waals surface area (Å²) in [6, 6.07) is 7.50. The van der Waals surface area contributed by atoms with Gasteiger partial charge in [-0.2, -0.15) is 0 Å². The number of carbonyl (C=O) groups excluding carboxylic acids is 1. The summed E-state index contributed by atoms with van der Waals surface area (Å²) in [7, 11) is 1.63. The highest BCUT2D eigenvalue weighted by molar-refractivity contribution is 5.97. The lowest BCUT2D eigenvalue weighted by Crippen LogP contribution is -2.11. The van der Waals surface area contributed by atoms with Gasteiger partial charge in [-0.25, -0.2) is 0 Å². The number of rotatable bonds is 5. The topological polar surface area (TPSA) is 52.3 Å². The molecule has 1 aromatic rings. The predicted octanol–water partition coefficient (Wildman–Crippen LogP) is 1.93. The first-order valence-corrected chi connectivity index (χ1v) is 5.05. The number of ketones is 1. The van der Waals surface area contributed by atoms with Crippen molar-refractivity contribution in [2.45, 2.75) is 19.4 Å². The third kappa shape index (κ3) is 2.88. The molecule has 82 valence electrons. The Balaban J connectivity index is 3.00. The first kappa shape index (κ1) is 11.9. The van der Waals surface area contributed by atoms with E-state index in [4.69, 9.17) is 10.5 Å². The van der Waals surface area contributed by atoms with E-state index < -0.39 is 0 Å². The van der Waals surface area contributed by atoms with E-state index in [0.29, 0.717) is 13.0 Å². The number of carbonyl (C=O) groups is 1. The summed E-state index contributed by atoms with van der Waals surface area (Å²) in [4.78, 5) is 11.8. The highest BCUT2D eigenvalue weighted by Gasteiger charge is 2.14. The lowest BCUT2D eigenvalue weighted by molar-refractivity contribution is 0.0963. The lowest BCUT2D eigenvalue weighted by Gasteiger charge is -2.13. The van der Waals surface area contributed by atoms with Crippen LogP contribution in [0.3, 0.4) is 0 Å². The fourth-order valence-electron chi connectivity index (χ4n) is 1.50. The van der Waals surface area contributed by atoms with E-state index in [9.17, 15) is 4.79 Å². The molecular formula is C12H17NO2. The zero-order valence-electron chi connectivity index (χ0n) is 9.19. The van der Waals surface area contributed by atoms with Crippen LogP contribution >= 0.6 is 0 Å². The molecule has 1 aromatic carbocycles. The molecule has 0 aliphatic carbocycles. The Kier molecular flexibility index (Phi) is 4.46. The van der Waals surface area contributed by atoms with Crippen molar-refractivity contribution >= 4 is 5.78 Å². The summed E-state index contributed by atoms with van der Waals surface area (Å²) in [6.45, 7) is 2.31. The molecule has 0 radical (unpaired) electrons. The first-order valence-electron chi connectivity index (χ1n) is 5.05. The average molecular weight is 207 g/mol. The number of hydrogen-bond acceptors (Lipinski definition) is 3. The molecule has 0 fully saturated rings. The maximum absolute atomic E-state index is 11.8. The summed E-state index contributed by atoms with van der Waals surface area (Å²) in [5, 5.41) is 0. The highest BCUT2D eigenvalue weighted by atomic mass is 16.5. The van der Waals surface area contributed by atoms with E-state index in [1.165, 1.54) is 0 Å². The van der Waals surface area contributed by atoms with E-state index in [2.05, 4.69) is 0 Å².